The van der Waals surface area contributed by atoms with Crippen molar-refractivity contribution < 1.29 is 9.13 Å². The van der Waals surface area contributed by atoms with Gasteiger partial charge in [-0.25, -0.2) is 9.37 Å². The van der Waals surface area contributed by atoms with Gasteiger partial charge < -0.3 is 15.4 Å². The number of nitrogens with zero attached hydrogens (tertiary/aromatic N) is 2. The number of anilines is 3. The number of aromatic nitrogens is 2. The van der Waals surface area contributed by atoms with Crippen LogP contribution in [0, 0.1) is 5.82 Å². The Labute approximate surface area is 131 Å². The third kappa shape index (κ3) is 3.32. The van der Waals surface area contributed by atoms with Gasteiger partial charge in [0.1, 0.15) is 5.82 Å². The average Bonchev–Trinajstić information content (AvgIpc) is 2.98. The van der Waals surface area contributed by atoms with Crippen LogP contribution in [-0.4, -0.2) is 30.2 Å². The molecule has 2 aromatic heterocycles. The third-order valence-corrected chi connectivity index (χ3v) is 3.91. The van der Waals surface area contributed by atoms with E-state index in [0.29, 0.717) is 24.9 Å². The number of hydrogen-bond donors (Lipinski definition) is 2. The van der Waals surface area contributed by atoms with Crippen molar-refractivity contribution in [1.82, 2.24) is 9.97 Å². The van der Waals surface area contributed by atoms with E-state index < -0.39 is 0 Å². The van der Waals surface area contributed by atoms with Crippen molar-refractivity contribution >= 4 is 39.0 Å². The van der Waals surface area contributed by atoms with Gasteiger partial charge in [-0.1, -0.05) is 0 Å². The average molecular weight is 318 g/mol. The first-order valence-electron chi connectivity index (χ1n) is 6.77. The minimum Gasteiger partial charge on any atom is -0.383 e. The zero-order valence-electron chi connectivity index (χ0n) is 12.0. The molecule has 1 aromatic carbocycles. The standard InChI is InChI=1S/C15H15FN4OS/c1-21-8-7-17-15-19-12-6-9-22-13(12)14(20-15)18-11-4-2-10(16)3-5-11/h2-6,9H,7-8H2,1H3,(H2,17,18,19,20). The van der Waals surface area contributed by atoms with Gasteiger partial charge in [0.15, 0.2) is 5.82 Å². The van der Waals surface area contributed by atoms with Crippen molar-refractivity contribution in [3.63, 3.8) is 0 Å². The van der Waals surface area contributed by atoms with Crippen LogP contribution in [0.1, 0.15) is 0 Å². The molecule has 22 heavy (non-hydrogen) atoms. The topological polar surface area (TPSA) is 59.1 Å². The quantitative estimate of drug-likeness (QED) is 0.680. The predicted molar refractivity (Wildman–Crippen MR) is 87.5 cm³/mol. The number of methoxy groups -OCH3 is 1. The first-order valence-corrected chi connectivity index (χ1v) is 7.65. The van der Waals surface area contributed by atoms with Crippen LogP contribution in [0.5, 0.6) is 0 Å². The molecule has 3 aromatic rings. The van der Waals surface area contributed by atoms with E-state index in [4.69, 9.17) is 4.74 Å². The number of thiophene rings is 1. The Hall–Kier alpha value is -2.25. The lowest BCUT2D eigenvalue weighted by molar-refractivity contribution is 0.210. The zero-order chi connectivity index (χ0) is 15.4. The van der Waals surface area contributed by atoms with Crippen LogP contribution in [0.3, 0.4) is 0 Å². The summed E-state index contributed by atoms with van der Waals surface area (Å²) in [5.41, 5.74) is 1.64. The van der Waals surface area contributed by atoms with Gasteiger partial charge in [-0.2, -0.15) is 4.98 Å². The summed E-state index contributed by atoms with van der Waals surface area (Å²) in [7, 11) is 1.64. The van der Waals surface area contributed by atoms with E-state index in [1.165, 1.54) is 12.1 Å². The molecule has 0 amide bonds. The van der Waals surface area contributed by atoms with Crippen molar-refractivity contribution in [2.24, 2.45) is 0 Å². The maximum atomic E-state index is 13.0. The van der Waals surface area contributed by atoms with Gasteiger partial charge >= 0.3 is 0 Å². The molecule has 3 rings (SSSR count). The first kappa shape index (κ1) is 14.7. The molecule has 2 heterocycles. The number of halogens is 1. The molecule has 0 aliphatic heterocycles. The summed E-state index contributed by atoms with van der Waals surface area (Å²) in [4.78, 5) is 8.95. The molecule has 0 atom stereocenters. The molecule has 0 aliphatic carbocycles. The molecule has 0 unspecified atom stereocenters. The van der Waals surface area contributed by atoms with E-state index in [1.54, 1.807) is 30.6 Å². The largest absolute Gasteiger partial charge is 0.383 e. The summed E-state index contributed by atoms with van der Waals surface area (Å²) in [6, 6.07) is 8.11. The van der Waals surface area contributed by atoms with Gasteiger partial charge in [0, 0.05) is 19.3 Å². The fourth-order valence-electron chi connectivity index (χ4n) is 1.96. The second-order valence-corrected chi connectivity index (χ2v) is 5.50. The van der Waals surface area contributed by atoms with E-state index in [2.05, 4.69) is 20.6 Å². The number of benzene rings is 1. The Morgan fingerprint density at radius 3 is 2.77 bits per heavy atom. The van der Waals surface area contributed by atoms with Crippen molar-refractivity contribution in [2.75, 3.05) is 30.9 Å². The first-order chi connectivity index (χ1) is 10.8. The normalized spacial score (nSPS) is 10.8. The van der Waals surface area contributed by atoms with Crippen molar-refractivity contribution in [3.8, 4) is 0 Å². The highest BCUT2D eigenvalue weighted by molar-refractivity contribution is 7.17. The molecule has 0 saturated carbocycles. The monoisotopic (exact) mass is 318 g/mol. The summed E-state index contributed by atoms with van der Waals surface area (Å²) in [5, 5.41) is 8.30. The molecule has 0 fully saturated rings. The van der Waals surface area contributed by atoms with Crippen LogP contribution in [-0.2, 0) is 4.74 Å². The number of ether oxygens (including phenoxy) is 1. The summed E-state index contributed by atoms with van der Waals surface area (Å²) < 4.78 is 19.0. The van der Waals surface area contributed by atoms with Crippen LogP contribution in [0.15, 0.2) is 35.7 Å². The Bertz CT molecular complexity index is 760. The summed E-state index contributed by atoms with van der Waals surface area (Å²) in [5.74, 6) is 0.968. The molecular formula is C15H15FN4OS. The van der Waals surface area contributed by atoms with Crippen LogP contribution >= 0.6 is 11.3 Å². The molecule has 5 nitrogen and oxygen atoms in total. The highest BCUT2D eigenvalue weighted by Crippen LogP contribution is 2.29. The van der Waals surface area contributed by atoms with Gasteiger partial charge in [-0.15, -0.1) is 11.3 Å². The maximum Gasteiger partial charge on any atom is 0.225 e. The molecule has 0 aliphatic rings. The molecule has 7 heteroatoms. The van der Waals surface area contributed by atoms with Gasteiger partial charge in [0.05, 0.1) is 16.8 Å². The fraction of sp³-hybridized carbons (Fsp3) is 0.200. The Kier molecular flexibility index (Phi) is 4.45. The molecule has 114 valence electrons. The molecule has 0 radical (unpaired) electrons. The van der Waals surface area contributed by atoms with Crippen LogP contribution in [0.4, 0.5) is 21.8 Å². The van der Waals surface area contributed by atoms with Crippen molar-refractivity contribution in [2.45, 2.75) is 0 Å². The fourth-order valence-corrected chi connectivity index (χ4v) is 2.74. The van der Waals surface area contributed by atoms with E-state index >= 15 is 0 Å². The highest BCUT2D eigenvalue weighted by Gasteiger charge is 2.09. The van der Waals surface area contributed by atoms with Gasteiger partial charge in [-0.05, 0) is 35.7 Å². The smallest absolute Gasteiger partial charge is 0.225 e. The van der Waals surface area contributed by atoms with E-state index in [9.17, 15) is 4.39 Å². The number of rotatable bonds is 6. The summed E-state index contributed by atoms with van der Waals surface area (Å²) >= 11 is 1.56. The predicted octanol–water partition coefficient (Wildman–Crippen LogP) is 3.63. The molecule has 0 saturated heterocycles. The number of fused-ring (bicyclic) bond motifs is 1. The van der Waals surface area contributed by atoms with Crippen LogP contribution in [0.25, 0.3) is 10.2 Å². The van der Waals surface area contributed by atoms with Gasteiger partial charge in [0.25, 0.3) is 0 Å². The van der Waals surface area contributed by atoms with Crippen molar-refractivity contribution in [1.29, 1.82) is 0 Å². The third-order valence-electron chi connectivity index (χ3n) is 3.00. The summed E-state index contributed by atoms with van der Waals surface area (Å²) in [6.45, 7) is 1.20. The van der Waals surface area contributed by atoms with E-state index in [1.807, 2.05) is 11.4 Å². The minimum atomic E-state index is -0.267. The molecule has 2 N–H and O–H groups in total. The number of hydrogen-bond acceptors (Lipinski definition) is 6. The lowest BCUT2D eigenvalue weighted by Gasteiger charge is -2.10. The Morgan fingerprint density at radius 1 is 1.18 bits per heavy atom. The maximum absolute atomic E-state index is 13.0. The van der Waals surface area contributed by atoms with Gasteiger partial charge in [-0.3, -0.25) is 0 Å². The molecule has 0 spiro atoms. The van der Waals surface area contributed by atoms with Gasteiger partial charge in [0.2, 0.25) is 5.95 Å². The Balaban J connectivity index is 1.89. The molecule has 0 bridgehead atoms. The van der Waals surface area contributed by atoms with Crippen LogP contribution in [0.2, 0.25) is 0 Å². The summed E-state index contributed by atoms with van der Waals surface area (Å²) in [6.07, 6.45) is 0. The van der Waals surface area contributed by atoms with Crippen LogP contribution < -0.4 is 10.6 Å². The second kappa shape index (κ2) is 6.67. The van der Waals surface area contributed by atoms with E-state index in [0.717, 1.165) is 15.9 Å². The second-order valence-electron chi connectivity index (χ2n) is 4.58. The van der Waals surface area contributed by atoms with E-state index in [-0.39, 0.29) is 5.82 Å². The lowest BCUT2D eigenvalue weighted by Crippen LogP contribution is -2.10. The lowest BCUT2D eigenvalue weighted by atomic mass is 10.3. The molecular weight excluding hydrogens is 303 g/mol. The van der Waals surface area contributed by atoms with Crippen molar-refractivity contribution in [3.05, 3.63) is 41.5 Å². The Morgan fingerprint density at radius 2 is 2.00 bits per heavy atom. The highest BCUT2D eigenvalue weighted by atomic mass is 32.1. The minimum absolute atomic E-state index is 0.267. The SMILES string of the molecule is COCCNc1nc(Nc2ccc(F)cc2)c2sccc2n1. The number of nitrogens with one attached hydrogen (secondary N) is 2. The zero-order valence-corrected chi connectivity index (χ0v) is 12.8.